The van der Waals surface area contributed by atoms with E-state index in [9.17, 15) is 9.59 Å². The minimum Gasteiger partial charge on any atom is -0.369 e. The van der Waals surface area contributed by atoms with Gasteiger partial charge in [-0.1, -0.05) is 48.5 Å². The van der Waals surface area contributed by atoms with Crippen molar-refractivity contribution in [1.82, 2.24) is 0 Å². The quantitative estimate of drug-likeness (QED) is 0.655. The second-order valence-corrected chi connectivity index (χ2v) is 5.59. The predicted octanol–water partition coefficient (Wildman–Crippen LogP) is 2.91. The van der Waals surface area contributed by atoms with Crippen molar-refractivity contribution in [3.8, 4) is 0 Å². The summed E-state index contributed by atoms with van der Waals surface area (Å²) >= 11 is 1.32. The summed E-state index contributed by atoms with van der Waals surface area (Å²) in [5.74, 6) is -0.541. The van der Waals surface area contributed by atoms with Crippen LogP contribution in [-0.2, 0) is 4.79 Å². The average Bonchev–Trinajstić information content (AvgIpc) is 2.48. The zero-order chi connectivity index (χ0) is 14.4. The molecular formula is C16H15NO2S. The Labute approximate surface area is 122 Å². The second-order valence-electron chi connectivity index (χ2n) is 4.32. The molecule has 0 aliphatic carbocycles. The Kier molecular flexibility index (Phi) is 4.96. The molecule has 1 atom stereocenters. The standard InChI is InChI=1S/C16H15NO2S/c17-16(19)15(20-13-9-5-2-6-10-13)11-14(18)12-7-3-1-4-8-12/h1-10,15H,11H2,(H2,17,19). The molecule has 0 radical (unpaired) electrons. The van der Waals surface area contributed by atoms with Gasteiger partial charge in [0.1, 0.15) is 0 Å². The lowest BCUT2D eigenvalue weighted by Crippen LogP contribution is -2.28. The first-order valence-electron chi connectivity index (χ1n) is 6.26. The lowest BCUT2D eigenvalue weighted by molar-refractivity contribution is -0.117. The largest absolute Gasteiger partial charge is 0.369 e. The van der Waals surface area contributed by atoms with Crippen molar-refractivity contribution in [3.63, 3.8) is 0 Å². The Hall–Kier alpha value is -2.07. The molecule has 2 N–H and O–H groups in total. The molecule has 2 aromatic carbocycles. The fraction of sp³-hybridized carbons (Fsp3) is 0.125. The molecule has 1 amide bonds. The maximum absolute atomic E-state index is 12.1. The van der Waals surface area contributed by atoms with Gasteiger partial charge in [-0.05, 0) is 12.1 Å². The molecule has 102 valence electrons. The van der Waals surface area contributed by atoms with Gasteiger partial charge in [0, 0.05) is 16.9 Å². The van der Waals surface area contributed by atoms with E-state index in [1.807, 2.05) is 36.4 Å². The molecule has 4 heteroatoms. The van der Waals surface area contributed by atoms with Gasteiger partial charge in [0.25, 0.3) is 0 Å². The molecule has 0 fully saturated rings. The lowest BCUT2D eigenvalue weighted by atomic mass is 10.1. The molecule has 3 nitrogen and oxygen atoms in total. The number of Topliss-reactive ketones (excluding diaryl/α,β-unsaturated/α-hetero) is 1. The molecule has 2 rings (SSSR count). The number of rotatable bonds is 6. The molecular weight excluding hydrogens is 270 g/mol. The Morgan fingerprint density at radius 1 is 0.950 bits per heavy atom. The van der Waals surface area contributed by atoms with Crippen molar-refractivity contribution in [2.45, 2.75) is 16.6 Å². The Morgan fingerprint density at radius 3 is 2.05 bits per heavy atom. The van der Waals surface area contributed by atoms with Crippen molar-refractivity contribution in [3.05, 3.63) is 66.2 Å². The third-order valence-corrected chi connectivity index (χ3v) is 4.03. The van der Waals surface area contributed by atoms with E-state index in [1.54, 1.807) is 24.3 Å². The van der Waals surface area contributed by atoms with E-state index in [0.717, 1.165) is 4.90 Å². The average molecular weight is 285 g/mol. The molecule has 20 heavy (non-hydrogen) atoms. The number of thioether (sulfide) groups is 1. The van der Waals surface area contributed by atoms with Crippen LogP contribution in [0.1, 0.15) is 16.8 Å². The molecule has 0 aliphatic rings. The van der Waals surface area contributed by atoms with E-state index in [1.165, 1.54) is 11.8 Å². The summed E-state index contributed by atoms with van der Waals surface area (Å²) in [6, 6.07) is 18.4. The van der Waals surface area contributed by atoms with Crippen molar-refractivity contribution in [2.24, 2.45) is 5.73 Å². The minimum absolute atomic E-state index is 0.0715. The van der Waals surface area contributed by atoms with Gasteiger partial charge >= 0.3 is 0 Å². The molecule has 2 aromatic rings. The van der Waals surface area contributed by atoms with Gasteiger partial charge in [-0.3, -0.25) is 9.59 Å². The number of ketones is 1. The molecule has 1 unspecified atom stereocenters. The number of primary amides is 1. The van der Waals surface area contributed by atoms with Crippen LogP contribution in [0.25, 0.3) is 0 Å². The maximum Gasteiger partial charge on any atom is 0.231 e. The second kappa shape index (κ2) is 6.91. The van der Waals surface area contributed by atoms with Crippen molar-refractivity contribution < 1.29 is 9.59 Å². The molecule has 0 saturated carbocycles. The first-order valence-corrected chi connectivity index (χ1v) is 7.14. The van der Waals surface area contributed by atoms with Crippen LogP contribution in [0.3, 0.4) is 0 Å². The minimum atomic E-state index is -0.551. The van der Waals surface area contributed by atoms with Crippen LogP contribution in [0.5, 0.6) is 0 Å². The molecule has 0 heterocycles. The number of nitrogens with two attached hydrogens (primary N) is 1. The zero-order valence-electron chi connectivity index (χ0n) is 10.9. The smallest absolute Gasteiger partial charge is 0.231 e. The van der Waals surface area contributed by atoms with Crippen LogP contribution in [0.2, 0.25) is 0 Å². The number of carbonyl (C=O) groups is 2. The summed E-state index contributed by atoms with van der Waals surface area (Å²) in [4.78, 5) is 24.6. The summed E-state index contributed by atoms with van der Waals surface area (Å²) in [5, 5.41) is -0.551. The van der Waals surface area contributed by atoms with Gasteiger partial charge in [0.05, 0.1) is 5.25 Å². The van der Waals surface area contributed by atoms with Crippen LogP contribution in [-0.4, -0.2) is 16.9 Å². The van der Waals surface area contributed by atoms with E-state index in [0.29, 0.717) is 5.56 Å². The first kappa shape index (κ1) is 14.3. The number of hydrogen-bond acceptors (Lipinski definition) is 3. The van der Waals surface area contributed by atoms with Crippen molar-refractivity contribution >= 4 is 23.5 Å². The fourth-order valence-corrected chi connectivity index (χ4v) is 2.77. The monoisotopic (exact) mass is 285 g/mol. The van der Waals surface area contributed by atoms with Crippen LogP contribution < -0.4 is 5.73 Å². The highest BCUT2D eigenvalue weighted by atomic mass is 32.2. The van der Waals surface area contributed by atoms with Gasteiger partial charge < -0.3 is 5.73 Å². The highest BCUT2D eigenvalue weighted by Crippen LogP contribution is 2.26. The highest BCUT2D eigenvalue weighted by molar-refractivity contribution is 8.00. The highest BCUT2D eigenvalue weighted by Gasteiger charge is 2.21. The Morgan fingerprint density at radius 2 is 1.50 bits per heavy atom. The first-order chi connectivity index (χ1) is 9.66. The summed E-state index contributed by atoms with van der Waals surface area (Å²) in [7, 11) is 0. The SMILES string of the molecule is NC(=O)C(CC(=O)c1ccccc1)Sc1ccccc1. The molecule has 0 spiro atoms. The van der Waals surface area contributed by atoms with Crippen LogP contribution in [0.4, 0.5) is 0 Å². The summed E-state index contributed by atoms with van der Waals surface area (Å²) in [6.07, 6.45) is 0.110. The number of hydrogen-bond donors (Lipinski definition) is 1. The lowest BCUT2D eigenvalue weighted by Gasteiger charge is -2.12. The Bertz CT molecular complexity index is 584. The van der Waals surface area contributed by atoms with Crippen LogP contribution in [0.15, 0.2) is 65.6 Å². The van der Waals surface area contributed by atoms with Gasteiger partial charge in [-0.25, -0.2) is 0 Å². The predicted molar refractivity (Wildman–Crippen MR) is 80.7 cm³/mol. The van der Waals surface area contributed by atoms with Gasteiger partial charge in [0.15, 0.2) is 5.78 Å². The molecule has 0 bridgehead atoms. The number of benzene rings is 2. The van der Waals surface area contributed by atoms with E-state index in [-0.39, 0.29) is 12.2 Å². The van der Waals surface area contributed by atoms with Gasteiger partial charge in [0.2, 0.25) is 5.91 Å². The summed E-state index contributed by atoms with van der Waals surface area (Å²) in [5.41, 5.74) is 6.00. The van der Waals surface area contributed by atoms with Gasteiger partial charge in [-0.2, -0.15) is 0 Å². The Balaban J connectivity index is 2.07. The summed E-state index contributed by atoms with van der Waals surface area (Å²) in [6.45, 7) is 0. The van der Waals surface area contributed by atoms with Gasteiger partial charge in [-0.15, -0.1) is 11.8 Å². The van der Waals surface area contributed by atoms with Crippen molar-refractivity contribution in [1.29, 1.82) is 0 Å². The van der Waals surface area contributed by atoms with Crippen LogP contribution >= 0.6 is 11.8 Å². The van der Waals surface area contributed by atoms with Crippen molar-refractivity contribution in [2.75, 3.05) is 0 Å². The fourth-order valence-electron chi connectivity index (χ4n) is 1.77. The van der Waals surface area contributed by atoms with E-state index in [4.69, 9.17) is 5.73 Å². The number of carbonyl (C=O) groups excluding carboxylic acids is 2. The van der Waals surface area contributed by atoms with Crippen LogP contribution in [0, 0.1) is 0 Å². The zero-order valence-corrected chi connectivity index (χ0v) is 11.7. The molecule has 0 saturated heterocycles. The third-order valence-electron chi connectivity index (χ3n) is 2.81. The molecule has 0 aromatic heterocycles. The topological polar surface area (TPSA) is 60.2 Å². The van der Waals surface area contributed by atoms with E-state index >= 15 is 0 Å². The number of amides is 1. The van der Waals surface area contributed by atoms with E-state index < -0.39 is 11.2 Å². The normalized spacial score (nSPS) is 11.8. The third kappa shape index (κ3) is 3.96. The van der Waals surface area contributed by atoms with E-state index in [2.05, 4.69) is 0 Å². The summed E-state index contributed by atoms with van der Waals surface area (Å²) < 4.78 is 0. The molecule has 0 aliphatic heterocycles. The maximum atomic E-state index is 12.1.